The number of hydrogen-bond acceptors (Lipinski definition) is 3. The minimum Gasteiger partial charge on any atom is -0.457 e. The predicted octanol–water partition coefficient (Wildman–Crippen LogP) is 4.88. The molecule has 3 aromatic rings. The first kappa shape index (κ1) is 18.7. The fraction of sp³-hybridized carbons (Fsp3) is 0.167. The predicted molar refractivity (Wildman–Crippen MR) is 114 cm³/mol. The number of anilines is 2. The van der Waals surface area contributed by atoms with Crippen LogP contribution in [-0.2, 0) is 4.79 Å². The van der Waals surface area contributed by atoms with Crippen molar-refractivity contribution in [1.82, 2.24) is 0 Å². The van der Waals surface area contributed by atoms with Crippen molar-refractivity contribution in [2.75, 3.05) is 16.3 Å². The highest BCUT2D eigenvalue weighted by atomic mass is 16.5. The van der Waals surface area contributed by atoms with E-state index in [2.05, 4.69) is 0 Å². The Labute approximate surface area is 170 Å². The van der Waals surface area contributed by atoms with Crippen molar-refractivity contribution >= 4 is 23.2 Å². The molecule has 4 rings (SSSR count). The lowest BCUT2D eigenvalue weighted by Crippen LogP contribution is -2.51. The lowest BCUT2D eigenvalue weighted by molar-refractivity contribution is -0.117. The van der Waals surface area contributed by atoms with E-state index in [0.717, 1.165) is 17.1 Å². The van der Waals surface area contributed by atoms with Crippen LogP contribution in [0.2, 0.25) is 0 Å². The van der Waals surface area contributed by atoms with Crippen LogP contribution in [0, 0.1) is 0 Å². The Morgan fingerprint density at radius 2 is 1.41 bits per heavy atom. The van der Waals surface area contributed by atoms with Gasteiger partial charge in [-0.3, -0.25) is 9.59 Å². The number of hydrogen-bond donors (Lipinski definition) is 0. The van der Waals surface area contributed by atoms with Gasteiger partial charge < -0.3 is 14.5 Å². The molecule has 3 aromatic carbocycles. The van der Waals surface area contributed by atoms with Crippen LogP contribution in [0.4, 0.5) is 11.4 Å². The molecule has 0 N–H and O–H groups in total. The molecule has 0 radical (unpaired) electrons. The number of rotatable bonds is 3. The van der Waals surface area contributed by atoms with Gasteiger partial charge in [-0.25, -0.2) is 0 Å². The number of ether oxygens (including phenoxy) is 1. The SMILES string of the molecule is CC(=O)N1c2ccccc2N(C(=O)c2ccc(Oc3ccccc3)cc2)CC1C. The number of carbonyl (C=O) groups excluding carboxylic acids is 2. The van der Waals surface area contributed by atoms with Gasteiger partial charge in [-0.15, -0.1) is 0 Å². The maximum Gasteiger partial charge on any atom is 0.258 e. The minimum atomic E-state index is -0.105. The number of fused-ring (bicyclic) bond motifs is 1. The van der Waals surface area contributed by atoms with E-state index in [1.165, 1.54) is 0 Å². The van der Waals surface area contributed by atoms with Gasteiger partial charge >= 0.3 is 0 Å². The number of para-hydroxylation sites is 3. The summed E-state index contributed by atoms with van der Waals surface area (Å²) in [4.78, 5) is 28.8. The number of benzene rings is 3. The van der Waals surface area contributed by atoms with E-state index >= 15 is 0 Å². The summed E-state index contributed by atoms with van der Waals surface area (Å²) in [7, 11) is 0. The highest BCUT2D eigenvalue weighted by Crippen LogP contribution is 2.36. The van der Waals surface area contributed by atoms with E-state index in [-0.39, 0.29) is 17.9 Å². The quantitative estimate of drug-likeness (QED) is 0.645. The molecule has 0 saturated heterocycles. The Hall–Kier alpha value is -3.60. The Morgan fingerprint density at radius 1 is 0.828 bits per heavy atom. The molecule has 146 valence electrons. The summed E-state index contributed by atoms with van der Waals surface area (Å²) in [6.45, 7) is 3.95. The molecule has 2 amide bonds. The highest BCUT2D eigenvalue weighted by Gasteiger charge is 2.33. The first-order valence-corrected chi connectivity index (χ1v) is 9.58. The normalized spacial score (nSPS) is 15.6. The largest absolute Gasteiger partial charge is 0.457 e. The minimum absolute atomic E-state index is 0.0283. The average molecular weight is 386 g/mol. The zero-order valence-corrected chi connectivity index (χ0v) is 16.4. The molecule has 1 atom stereocenters. The van der Waals surface area contributed by atoms with Gasteiger partial charge in [-0.1, -0.05) is 30.3 Å². The van der Waals surface area contributed by atoms with Crippen LogP contribution in [0.3, 0.4) is 0 Å². The van der Waals surface area contributed by atoms with Crippen LogP contribution in [-0.4, -0.2) is 24.4 Å². The van der Waals surface area contributed by atoms with E-state index in [4.69, 9.17) is 4.74 Å². The van der Waals surface area contributed by atoms with E-state index in [1.54, 1.807) is 41.0 Å². The maximum atomic E-state index is 13.2. The summed E-state index contributed by atoms with van der Waals surface area (Å²) in [5.41, 5.74) is 2.08. The molecule has 1 unspecified atom stereocenters. The first-order chi connectivity index (χ1) is 14.0. The Bertz CT molecular complexity index is 1030. The van der Waals surface area contributed by atoms with Crippen LogP contribution < -0.4 is 14.5 Å². The summed E-state index contributed by atoms with van der Waals surface area (Å²) in [6.07, 6.45) is 0. The molecule has 1 heterocycles. The molecule has 0 bridgehead atoms. The van der Waals surface area contributed by atoms with E-state index < -0.39 is 0 Å². The monoisotopic (exact) mass is 386 g/mol. The number of carbonyl (C=O) groups is 2. The lowest BCUT2D eigenvalue weighted by Gasteiger charge is -2.40. The fourth-order valence-electron chi connectivity index (χ4n) is 3.70. The summed E-state index contributed by atoms with van der Waals surface area (Å²) in [5.74, 6) is 1.29. The van der Waals surface area contributed by atoms with Crippen molar-refractivity contribution in [1.29, 1.82) is 0 Å². The van der Waals surface area contributed by atoms with Crippen molar-refractivity contribution in [3.63, 3.8) is 0 Å². The topological polar surface area (TPSA) is 49.9 Å². The van der Waals surface area contributed by atoms with Crippen molar-refractivity contribution in [2.45, 2.75) is 19.9 Å². The third kappa shape index (κ3) is 3.72. The molecule has 5 nitrogen and oxygen atoms in total. The van der Waals surface area contributed by atoms with Gasteiger partial charge in [-0.2, -0.15) is 0 Å². The maximum absolute atomic E-state index is 13.2. The van der Waals surface area contributed by atoms with E-state index in [0.29, 0.717) is 17.9 Å². The Morgan fingerprint density at radius 3 is 2.07 bits per heavy atom. The molecule has 5 heteroatoms. The standard InChI is InChI=1S/C24H22N2O3/c1-17-16-25(22-10-6-7-11-23(22)26(17)18(2)27)24(28)19-12-14-21(15-13-19)29-20-8-4-3-5-9-20/h3-15,17H,16H2,1-2H3. The van der Waals surface area contributed by atoms with Crippen molar-refractivity contribution < 1.29 is 14.3 Å². The van der Waals surface area contributed by atoms with Crippen LogP contribution in [0.15, 0.2) is 78.9 Å². The second-order valence-electron chi connectivity index (χ2n) is 7.08. The molecular weight excluding hydrogens is 364 g/mol. The molecule has 0 aromatic heterocycles. The molecule has 29 heavy (non-hydrogen) atoms. The summed E-state index contributed by atoms with van der Waals surface area (Å²) < 4.78 is 5.80. The van der Waals surface area contributed by atoms with Crippen molar-refractivity contribution in [2.24, 2.45) is 0 Å². The van der Waals surface area contributed by atoms with Crippen LogP contribution in [0.5, 0.6) is 11.5 Å². The third-order valence-corrected chi connectivity index (χ3v) is 4.98. The van der Waals surface area contributed by atoms with E-state index in [9.17, 15) is 9.59 Å². The molecule has 1 aliphatic heterocycles. The smallest absolute Gasteiger partial charge is 0.258 e. The van der Waals surface area contributed by atoms with Crippen LogP contribution >= 0.6 is 0 Å². The Kier molecular flexibility index (Phi) is 5.04. The molecule has 0 spiro atoms. The Balaban J connectivity index is 1.59. The van der Waals surface area contributed by atoms with Gasteiger partial charge in [0.15, 0.2) is 0 Å². The zero-order valence-electron chi connectivity index (χ0n) is 16.4. The number of amides is 2. The molecule has 0 saturated carbocycles. The van der Waals surface area contributed by atoms with Gasteiger partial charge in [0.25, 0.3) is 5.91 Å². The van der Waals surface area contributed by atoms with Gasteiger partial charge in [0.2, 0.25) is 5.91 Å². The average Bonchev–Trinajstić information content (AvgIpc) is 2.73. The highest BCUT2D eigenvalue weighted by molar-refractivity contribution is 6.10. The van der Waals surface area contributed by atoms with E-state index in [1.807, 2.05) is 61.5 Å². The molecule has 0 aliphatic carbocycles. The third-order valence-electron chi connectivity index (χ3n) is 4.98. The second-order valence-corrected chi connectivity index (χ2v) is 7.08. The van der Waals surface area contributed by atoms with Crippen LogP contribution in [0.1, 0.15) is 24.2 Å². The van der Waals surface area contributed by atoms with Crippen LogP contribution in [0.25, 0.3) is 0 Å². The zero-order chi connectivity index (χ0) is 20.4. The summed E-state index contributed by atoms with van der Waals surface area (Å²) in [6, 6.07) is 24.0. The van der Waals surface area contributed by atoms with Gasteiger partial charge in [0, 0.05) is 19.0 Å². The first-order valence-electron chi connectivity index (χ1n) is 9.58. The van der Waals surface area contributed by atoms with Gasteiger partial charge in [0.05, 0.1) is 17.4 Å². The summed E-state index contributed by atoms with van der Waals surface area (Å²) in [5, 5.41) is 0. The van der Waals surface area contributed by atoms with Crippen molar-refractivity contribution in [3.8, 4) is 11.5 Å². The summed E-state index contributed by atoms with van der Waals surface area (Å²) >= 11 is 0. The molecular formula is C24H22N2O3. The number of nitrogens with zero attached hydrogens (tertiary/aromatic N) is 2. The molecule has 0 fully saturated rings. The molecule has 1 aliphatic rings. The second kappa shape index (κ2) is 7.80. The van der Waals surface area contributed by atoms with Crippen molar-refractivity contribution in [3.05, 3.63) is 84.4 Å². The lowest BCUT2D eigenvalue weighted by atomic mass is 10.1. The van der Waals surface area contributed by atoms with Gasteiger partial charge in [0.1, 0.15) is 11.5 Å². The van der Waals surface area contributed by atoms with Gasteiger partial charge in [-0.05, 0) is 55.5 Å². The fourth-order valence-corrected chi connectivity index (χ4v) is 3.70.